The van der Waals surface area contributed by atoms with Crippen molar-refractivity contribution in [1.29, 1.82) is 0 Å². The Hall–Kier alpha value is -2.20. The number of carbonyl (C=O) groups is 1. The summed E-state index contributed by atoms with van der Waals surface area (Å²) in [5.74, 6) is -0.444. The third-order valence-corrected chi connectivity index (χ3v) is 2.89. The largest absolute Gasteiger partial charge is 0.335 e. The van der Waals surface area contributed by atoms with Crippen LogP contribution in [0.5, 0.6) is 0 Å². The molecule has 0 aliphatic rings. The van der Waals surface area contributed by atoms with E-state index in [1.807, 2.05) is 42.7 Å². The van der Waals surface area contributed by atoms with Crippen molar-refractivity contribution < 1.29 is 14.5 Å². The number of nitrogens with one attached hydrogen (secondary N) is 1. The van der Waals surface area contributed by atoms with Crippen LogP contribution in [0.3, 0.4) is 0 Å². The Kier molecular flexibility index (Phi) is 4.26. The van der Waals surface area contributed by atoms with E-state index in [-0.39, 0.29) is 17.8 Å². The number of benzene rings is 2. The second-order valence-electron chi connectivity index (χ2n) is 4.22. The first-order valence-electron chi connectivity index (χ1n) is 6.11. The van der Waals surface area contributed by atoms with Crippen LogP contribution in [0, 0.1) is 5.82 Å². The zero-order valence-electron chi connectivity index (χ0n) is 10.6. The van der Waals surface area contributed by atoms with Gasteiger partial charge in [-0.25, -0.2) is 4.39 Å². The lowest BCUT2D eigenvalue weighted by molar-refractivity contribution is -0.656. The van der Waals surface area contributed by atoms with Gasteiger partial charge in [0.15, 0.2) is 6.04 Å². The number of carbonyl (C=O) groups excluding carboxylic acids is 1. The van der Waals surface area contributed by atoms with Gasteiger partial charge in [-0.3, -0.25) is 4.79 Å². The molecule has 1 amide bonds. The summed E-state index contributed by atoms with van der Waals surface area (Å²) in [6.45, 7) is 0. The highest BCUT2D eigenvalue weighted by Crippen LogP contribution is 2.13. The van der Waals surface area contributed by atoms with Gasteiger partial charge >= 0.3 is 0 Å². The minimum absolute atomic E-state index is 0.125. The smallest absolute Gasteiger partial charge is 0.287 e. The minimum Gasteiger partial charge on any atom is -0.335 e. The monoisotopic (exact) mass is 259 g/mol. The van der Waals surface area contributed by atoms with E-state index in [0.29, 0.717) is 5.69 Å². The molecule has 3 nitrogen and oxygen atoms in total. The third-order valence-electron chi connectivity index (χ3n) is 2.89. The Morgan fingerprint density at radius 2 is 1.74 bits per heavy atom. The van der Waals surface area contributed by atoms with E-state index in [2.05, 4.69) is 5.32 Å². The molecule has 0 bridgehead atoms. The zero-order chi connectivity index (χ0) is 13.7. The number of amides is 1. The molecule has 0 spiro atoms. The van der Waals surface area contributed by atoms with Crippen molar-refractivity contribution in [2.24, 2.45) is 0 Å². The summed E-state index contributed by atoms with van der Waals surface area (Å²) < 4.78 is 12.8. The van der Waals surface area contributed by atoms with Crippen molar-refractivity contribution in [1.82, 2.24) is 0 Å². The fraction of sp³-hybridized carbons (Fsp3) is 0.133. The topological polar surface area (TPSA) is 45.7 Å². The van der Waals surface area contributed by atoms with Crippen LogP contribution >= 0.6 is 0 Å². The molecule has 0 radical (unpaired) electrons. The Morgan fingerprint density at radius 1 is 1.11 bits per heavy atom. The van der Waals surface area contributed by atoms with Gasteiger partial charge in [-0.2, -0.15) is 0 Å². The number of anilines is 1. The standard InChI is InChI=1S/C15H15FN2O/c1-17-14(11-5-3-2-4-6-11)15(19)18-13-9-7-12(16)8-10-13/h2-10,14,17H,1H3,(H,18,19)/p+1/t14-/m0/s1. The van der Waals surface area contributed by atoms with E-state index in [0.717, 1.165) is 5.56 Å². The molecule has 98 valence electrons. The van der Waals surface area contributed by atoms with Crippen LogP contribution in [0.2, 0.25) is 0 Å². The van der Waals surface area contributed by atoms with Crippen LogP contribution in [0.4, 0.5) is 10.1 Å². The van der Waals surface area contributed by atoms with E-state index >= 15 is 0 Å². The van der Waals surface area contributed by atoms with Crippen molar-refractivity contribution in [3.8, 4) is 0 Å². The molecule has 0 unspecified atom stereocenters. The highest BCUT2D eigenvalue weighted by molar-refractivity contribution is 5.94. The molecule has 0 fully saturated rings. The van der Waals surface area contributed by atoms with Gasteiger partial charge in [0.25, 0.3) is 5.91 Å². The van der Waals surface area contributed by atoms with E-state index in [1.165, 1.54) is 12.1 Å². The van der Waals surface area contributed by atoms with Crippen molar-refractivity contribution in [3.63, 3.8) is 0 Å². The molecular weight excluding hydrogens is 243 g/mol. The van der Waals surface area contributed by atoms with Crippen LogP contribution in [0.25, 0.3) is 0 Å². The quantitative estimate of drug-likeness (QED) is 0.862. The number of hydrogen-bond donors (Lipinski definition) is 2. The molecule has 4 heteroatoms. The van der Waals surface area contributed by atoms with Gasteiger partial charge in [-0.15, -0.1) is 0 Å². The average molecular weight is 259 g/mol. The van der Waals surface area contributed by atoms with Crippen LogP contribution in [-0.4, -0.2) is 13.0 Å². The molecule has 1 atom stereocenters. The molecule has 0 saturated heterocycles. The van der Waals surface area contributed by atoms with Gasteiger partial charge in [0, 0.05) is 11.3 Å². The Balaban J connectivity index is 2.11. The molecule has 19 heavy (non-hydrogen) atoms. The number of rotatable bonds is 4. The van der Waals surface area contributed by atoms with Gasteiger partial charge in [0.1, 0.15) is 5.82 Å². The first-order valence-corrected chi connectivity index (χ1v) is 6.11. The van der Waals surface area contributed by atoms with Crippen LogP contribution in [0.15, 0.2) is 54.6 Å². The predicted molar refractivity (Wildman–Crippen MR) is 72.1 cm³/mol. The van der Waals surface area contributed by atoms with Gasteiger partial charge in [-0.1, -0.05) is 30.3 Å². The number of quaternary nitrogens is 1. The maximum absolute atomic E-state index is 12.8. The molecule has 0 aromatic heterocycles. The number of hydrogen-bond acceptors (Lipinski definition) is 1. The predicted octanol–water partition coefficient (Wildman–Crippen LogP) is 1.70. The maximum atomic E-state index is 12.8. The Labute approximate surface area is 111 Å². The third kappa shape index (κ3) is 3.39. The average Bonchev–Trinajstić information content (AvgIpc) is 2.43. The van der Waals surface area contributed by atoms with Crippen molar-refractivity contribution in [3.05, 3.63) is 66.0 Å². The molecule has 2 rings (SSSR count). The first kappa shape index (κ1) is 13.2. The van der Waals surface area contributed by atoms with Gasteiger partial charge in [-0.05, 0) is 24.3 Å². The summed E-state index contributed by atoms with van der Waals surface area (Å²) in [7, 11) is 1.85. The summed E-state index contributed by atoms with van der Waals surface area (Å²) in [5, 5.41) is 4.62. The molecule has 0 saturated carbocycles. The number of nitrogens with two attached hydrogens (primary N) is 1. The molecule has 3 N–H and O–H groups in total. The zero-order valence-corrected chi connectivity index (χ0v) is 10.6. The highest BCUT2D eigenvalue weighted by Gasteiger charge is 2.22. The van der Waals surface area contributed by atoms with Crippen molar-refractivity contribution in [2.45, 2.75) is 6.04 Å². The highest BCUT2D eigenvalue weighted by atomic mass is 19.1. The summed E-state index contributed by atoms with van der Waals surface area (Å²) >= 11 is 0. The summed E-state index contributed by atoms with van der Waals surface area (Å²) in [6.07, 6.45) is 0. The Morgan fingerprint density at radius 3 is 2.32 bits per heavy atom. The van der Waals surface area contributed by atoms with Crippen LogP contribution in [-0.2, 0) is 4.79 Å². The molecule has 2 aromatic carbocycles. The van der Waals surface area contributed by atoms with Gasteiger partial charge < -0.3 is 10.6 Å². The Bertz CT molecular complexity index is 540. The molecule has 0 heterocycles. The van der Waals surface area contributed by atoms with Crippen molar-refractivity contribution in [2.75, 3.05) is 12.4 Å². The van der Waals surface area contributed by atoms with Crippen LogP contribution in [0.1, 0.15) is 11.6 Å². The lowest BCUT2D eigenvalue weighted by Crippen LogP contribution is -2.83. The normalized spacial score (nSPS) is 11.9. The van der Waals surface area contributed by atoms with E-state index < -0.39 is 0 Å². The van der Waals surface area contributed by atoms with Gasteiger partial charge in [0.05, 0.1) is 7.05 Å². The van der Waals surface area contributed by atoms with Crippen molar-refractivity contribution >= 4 is 11.6 Å². The van der Waals surface area contributed by atoms with Gasteiger partial charge in [0.2, 0.25) is 0 Å². The second kappa shape index (κ2) is 6.11. The van der Waals surface area contributed by atoms with E-state index in [9.17, 15) is 9.18 Å². The fourth-order valence-corrected chi connectivity index (χ4v) is 1.91. The van der Waals surface area contributed by atoms with Crippen LogP contribution < -0.4 is 10.6 Å². The summed E-state index contributed by atoms with van der Waals surface area (Å²) in [5.41, 5.74) is 1.53. The number of likely N-dealkylation sites (N-methyl/N-ethyl adjacent to an activating group) is 1. The summed E-state index contributed by atoms with van der Waals surface area (Å²) in [6, 6.07) is 15.0. The lowest BCUT2D eigenvalue weighted by atomic mass is 10.1. The second-order valence-corrected chi connectivity index (χ2v) is 4.22. The first-order chi connectivity index (χ1) is 9.20. The number of halogens is 1. The molecule has 0 aliphatic heterocycles. The SMILES string of the molecule is C[NH2+][C@H](C(=O)Nc1ccc(F)cc1)c1ccccc1. The van der Waals surface area contributed by atoms with E-state index in [4.69, 9.17) is 0 Å². The van der Waals surface area contributed by atoms with E-state index in [1.54, 1.807) is 12.1 Å². The maximum Gasteiger partial charge on any atom is 0.287 e. The lowest BCUT2D eigenvalue weighted by Gasteiger charge is -2.13. The minimum atomic E-state index is -0.320. The molecular formula is C15H16FN2O+. The fourth-order valence-electron chi connectivity index (χ4n) is 1.91. The summed E-state index contributed by atoms with van der Waals surface area (Å²) in [4.78, 5) is 12.2. The molecule has 2 aromatic rings. The molecule has 0 aliphatic carbocycles.